The van der Waals surface area contributed by atoms with Crippen LogP contribution in [-0.2, 0) is 11.3 Å². The molecule has 2 aliphatic heterocycles. The Kier molecular flexibility index (Phi) is 5.85. The van der Waals surface area contributed by atoms with Crippen LogP contribution in [0.3, 0.4) is 0 Å². The summed E-state index contributed by atoms with van der Waals surface area (Å²) in [5, 5.41) is 0. The van der Waals surface area contributed by atoms with Gasteiger partial charge in [0.15, 0.2) is 5.82 Å². The second-order valence-corrected chi connectivity index (χ2v) is 10.4. The van der Waals surface area contributed by atoms with Crippen molar-refractivity contribution in [3.05, 3.63) is 34.1 Å². The van der Waals surface area contributed by atoms with Crippen molar-refractivity contribution in [2.24, 2.45) is 0 Å². The molecule has 1 fully saturated rings. The first-order chi connectivity index (χ1) is 14.2. The Morgan fingerprint density at radius 2 is 1.90 bits per heavy atom. The van der Waals surface area contributed by atoms with Crippen LogP contribution in [0.4, 0.5) is 22.1 Å². The summed E-state index contributed by atoms with van der Waals surface area (Å²) in [6, 6.07) is 3.83. The molecule has 30 heavy (non-hydrogen) atoms. The predicted octanol–water partition coefficient (Wildman–Crippen LogP) is 5.07. The van der Waals surface area contributed by atoms with Crippen LogP contribution in [0.15, 0.2) is 22.9 Å². The third-order valence-corrected chi connectivity index (χ3v) is 6.22. The summed E-state index contributed by atoms with van der Waals surface area (Å²) < 4.78 is 12.8. The van der Waals surface area contributed by atoms with Crippen molar-refractivity contribution < 1.29 is 14.3 Å². The average Bonchev–Trinajstić information content (AvgIpc) is 2.84. The largest absolute Gasteiger partial charge is 0.486 e. The van der Waals surface area contributed by atoms with Crippen LogP contribution in [0.1, 0.15) is 31.9 Å². The van der Waals surface area contributed by atoms with Crippen molar-refractivity contribution in [1.29, 1.82) is 0 Å². The minimum absolute atomic E-state index is 0.282. The number of aryl methyl sites for hydroxylation is 1. The van der Waals surface area contributed by atoms with Crippen LogP contribution in [0.25, 0.3) is 0 Å². The topological polar surface area (TPSA) is 67.8 Å². The van der Waals surface area contributed by atoms with Crippen molar-refractivity contribution in [3.8, 4) is 5.75 Å². The molecular formula is C21H25BrN4O3S. The van der Waals surface area contributed by atoms with Gasteiger partial charge in [0, 0.05) is 29.1 Å². The van der Waals surface area contributed by atoms with Gasteiger partial charge in [-0.3, -0.25) is 0 Å². The van der Waals surface area contributed by atoms with Gasteiger partial charge in [-0.25, -0.2) is 19.7 Å². The van der Waals surface area contributed by atoms with Crippen molar-refractivity contribution in [1.82, 2.24) is 9.97 Å². The normalized spacial score (nSPS) is 16.3. The van der Waals surface area contributed by atoms with Crippen LogP contribution in [0, 0.1) is 6.92 Å². The Morgan fingerprint density at radius 1 is 1.20 bits per heavy atom. The number of hydrogen-bond acceptors (Lipinski definition) is 7. The van der Waals surface area contributed by atoms with E-state index in [1.807, 2.05) is 51.6 Å². The smallest absolute Gasteiger partial charge is 0.420 e. The molecule has 4 rings (SSSR count). The molecule has 0 radical (unpaired) electrons. The molecule has 0 N–H and O–H groups in total. The maximum absolute atomic E-state index is 13.4. The van der Waals surface area contributed by atoms with Gasteiger partial charge >= 0.3 is 6.09 Å². The number of nitrogens with zero attached hydrogens (tertiary/aromatic N) is 4. The van der Waals surface area contributed by atoms with E-state index < -0.39 is 11.7 Å². The van der Waals surface area contributed by atoms with Gasteiger partial charge in [0.05, 0.1) is 11.3 Å². The fourth-order valence-corrected chi connectivity index (χ4v) is 5.04. The molecule has 0 spiro atoms. The summed E-state index contributed by atoms with van der Waals surface area (Å²) in [7, 11) is 0. The van der Waals surface area contributed by atoms with Crippen LogP contribution in [0.2, 0.25) is 0 Å². The number of halogens is 1. The zero-order valence-corrected chi connectivity index (χ0v) is 20.0. The molecule has 1 aromatic heterocycles. The molecule has 7 nitrogen and oxygen atoms in total. The molecule has 2 aliphatic rings. The lowest BCUT2D eigenvalue weighted by molar-refractivity contribution is 0.0598. The molecule has 1 amide bonds. The van der Waals surface area contributed by atoms with Crippen LogP contribution in [0.5, 0.6) is 5.75 Å². The molecule has 2 aromatic rings. The number of hydrogen-bond donors (Lipinski definition) is 0. The van der Waals surface area contributed by atoms with E-state index in [0.29, 0.717) is 17.3 Å². The van der Waals surface area contributed by atoms with E-state index in [-0.39, 0.29) is 6.61 Å². The minimum Gasteiger partial charge on any atom is -0.486 e. The first kappa shape index (κ1) is 21.2. The molecule has 160 valence electrons. The summed E-state index contributed by atoms with van der Waals surface area (Å²) in [6.45, 7) is 9.60. The summed E-state index contributed by atoms with van der Waals surface area (Å²) in [6.07, 6.45) is 1.02. The average molecular weight is 493 g/mol. The molecule has 0 aliphatic carbocycles. The second kappa shape index (κ2) is 8.26. The summed E-state index contributed by atoms with van der Waals surface area (Å²) in [5.74, 6) is 4.05. The van der Waals surface area contributed by atoms with E-state index in [2.05, 4.69) is 30.8 Å². The molecule has 9 heteroatoms. The molecule has 0 saturated carbocycles. The number of benzene rings is 1. The zero-order valence-electron chi connectivity index (χ0n) is 17.6. The number of amides is 1. The molecule has 0 bridgehead atoms. The van der Waals surface area contributed by atoms with E-state index >= 15 is 0 Å². The Bertz CT molecular complexity index is 973. The molecule has 1 saturated heterocycles. The summed E-state index contributed by atoms with van der Waals surface area (Å²) in [5.41, 5.74) is 1.67. The van der Waals surface area contributed by atoms with Gasteiger partial charge in [0.25, 0.3) is 0 Å². The number of carbonyl (C=O) groups excluding carboxylic acids is 1. The monoisotopic (exact) mass is 492 g/mol. The number of ether oxygens (including phenoxy) is 2. The van der Waals surface area contributed by atoms with Gasteiger partial charge in [-0.05, 0) is 45.4 Å². The van der Waals surface area contributed by atoms with Gasteiger partial charge < -0.3 is 14.4 Å². The Morgan fingerprint density at radius 3 is 2.60 bits per heavy atom. The van der Waals surface area contributed by atoms with Crippen molar-refractivity contribution >= 4 is 51.1 Å². The van der Waals surface area contributed by atoms with Gasteiger partial charge in [0.2, 0.25) is 0 Å². The third kappa shape index (κ3) is 4.23. The van der Waals surface area contributed by atoms with Gasteiger partial charge in [0.1, 0.15) is 30.1 Å². The highest BCUT2D eigenvalue weighted by Gasteiger charge is 2.35. The Labute approximate surface area is 189 Å². The molecule has 1 aromatic carbocycles. The van der Waals surface area contributed by atoms with E-state index in [1.165, 1.54) is 11.2 Å². The Hall–Kier alpha value is -2.00. The highest BCUT2D eigenvalue weighted by Crippen LogP contribution is 2.44. The summed E-state index contributed by atoms with van der Waals surface area (Å²) in [4.78, 5) is 26.2. The minimum atomic E-state index is -0.647. The lowest BCUT2D eigenvalue weighted by Crippen LogP contribution is -2.36. The van der Waals surface area contributed by atoms with E-state index in [9.17, 15) is 4.79 Å². The lowest BCUT2D eigenvalue weighted by atomic mass is 10.1. The van der Waals surface area contributed by atoms with E-state index in [0.717, 1.165) is 46.0 Å². The highest BCUT2D eigenvalue weighted by molar-refractivity contribution is 9.10. The molecule has 3 heterocycles. The fraction of sp³-hybridized carbons (Fsp3) is 0.476. The number of thioether (sulfide) groups is 1. The lowest BCUT2D eigenvalue weighted by Gasteiger charge is -2.31. The van der Waals surface area contributed by atoms with Gasteiger partial charge in [-0.2, -0.15) is 11.8 Å². The number of aromatic nitrogens is 2. The van der Waals surface area contributed by atoms with Gasteiger partial charge in [-0.1, -0.05) is 15.9 Å². The molecule has 0 atom stereocenters. The Balaban J connectivity index is 1.88. The SMILES string of the molecule is Cc1cc(Br)cc2c1OCc1c(N3CCSCC3)ncnc1N2C(=O)OC(C)(C)C. The maximum atomic E-state index is 13.4. The highest BCUT2D eigenvalue weighted by atomic mass is 79.9. The summed E-state index contributed by atoms with van der Waals surface area (Å²) >= 11 is 5.48. The number of anilines is 3. The van der Waals surface area contributed by atoms with Gasteiger partial charge in [-0.15, -0.1) is 0 Å². The quantitative estimate of drug-likeness (QED) is 0.550. The zero-order chi connectivity index (χ0) is 21.5. The van der Waals surface area contributed by atoms with E-state index in [1.54, 1.807) is 0 Å². The second-order valence-electron chi connectivity index (χ2n) is 8.27. The first-order valence-corrected chi connectivity index (χ1v) is 11.8. The van der Waals surface area contributed by atoms with Crippen LogP contribution < -0.4 is 14.5 Å². The standard InChI is InChI=1S/C21H25BrN4O3S/c1-13-9-14(22)10-16-17(13)28-11-15-18(25-5-7-30-8-6-25)23-12-24-19(15)26(16)20(27)29-21(2,3)4/h9-10,12H,5-8,11H2,1-4H3. The van der Waals surface area contributed by atoms with Crippen molar-refractivity contribution in [2.45, 2.75) is 39.9 Å². The van der Waals surface area contributed by atoms with Crippen LogP contribution in [-0.4, -0.2) is 46.3 Å². The molecule has 0 unspecified atom stereocenters. The van der Waals surface area contributed by atoms with Crippen LogP contribution >= 0.6 is 27.7 Å². The third-order valence-electron chi connectivity index (χ3n) is 4.82. The predicted molar refractivity (Wildman–Crippen MR) is 123 cm³/mol. The number of carbonyl (C=O) groups is 1. The number of rotatable bonds is 1. The van der Waals surface area contributed by atoms with Crippen molar-refractivity contribution in [3.63, 3.8) is 0 Å². The number of fused-ring (bicyclic) bond motifs is 2. The first-order valence-electron chi connectivity index (χ1n) is 9.87. The van der Waals surface area contributed by atoms with Crippen molar-refractivity contribution in [2.75, 3.05) is 34.4 Å². The fourth-order valence-electron chi connectivity index (χ4n) is 3.58. The molecular weight excluding hydrogens is 468 g/mol. The maximum Gasteiger partial charge on any atom is 0.420 e. The van der Waals surface area contributed by atoms with E-state index in [4.69, 9.17) is 9.47 Å².